The van der Waals surface area contributed by atoms with E-state index < -0.39 is 0 Å². The SMILES string of the molecule is Cc1cnc(-c2noc(CC3(N)CCCCC3)n2)c(C)c1. The number of nitrogens with zero attached hydrogens (tertiary/aromatic N) is 3. The zero-order valence-corrected chi connectivity index (χ0v) is 12.7. The molecule has 3 rings (SSSR count). The molecule has 2 aromatic rings. The minimum absolute atomic E-state index is 0.183. The third-order valence-corrected chi connectivity index (χ3v) is 4.25. The summed E-state index contributed by atoms with van der Waals surface area (Å²) in [5, 5.41) is 4.07. The Balaban J connectivity index is 1.80. The lowest BCUT2D eigenvalue weighted by Crippen LogP contribution is -2.43. The number of aryl methyl sites for hydroxylation is 2. The van der Waals surface area contributed by atoms with Crippen molar-refractivity contribution in [1.82, 2.24) is 15.1 Å². The summed E-state index contributed by atoms with van der Waals surface area (Å²) >= 11 is 0. The molecule has 2 heterocycles. The van der Waals surface area contributed by atoms with E-state index in [2.05, 4.69) is 21.2 Å². The molecule has 5 nitrogen and oxygen atoms in total. The second kappa shape index (κ2) is 5.56. The van der Waals surface area contributed by atoms with Crippen LogP contribution in [0.2, 0.25) is 0 Å². The van der Waals surface area contributed by atoms with Crippen LogP contribution in [-0.2, 0) is 6.42 Å². The Bertz CT molecular complexity index is 629. The number of hydrogen-bond donors (Lipinski definition) is 1. The molecule has 1 aliphatic rings. The first kappa shape index (κ1) is 14.2. The molecular formula is C16H22N4O. The van der Waals surface area contributed by atoms with Gasteiger partial charge >= 0.3 is 0 Å². The predicted octanol–water partition coefficient (Wildman–Crippen LogP) is 2.95. The van der Waals surface area contributed by atoms with E-state index in [0.29, 0.717) is 18.1 Å². The molecule has 1 aliphatic carbocycles. The van der Waals surface area contributed by atoms with Crippen molar-refractivity contribution in [2.75, 3.05) is 0 Å². The van der Waals surface area contributed by atoms with Crippen LogP contribution < -0.4 is 5.73 Å². The standard InChI is InChI=1S/C16H22N4O/c1-11-8-12(2)14(18-10-11)15-19-13(21-20-15)9-16(17)6-4-3-5-7-16/h8,10H,3-7,9,17H2,1-2H3. The summed E-state index contributed by atoms with van der Waals surface area (Å²) in [6.07, 6.45) is 8.21. The Labute approximate surface area is 125 Å². The van der Waals surface area contributed by atoms with E-state index in [9.17, 15) is 0 Å². The third kappa shape index (κ3) is 3.13. The van der Waals surface area contributed by atoms with Gasteiger partial charge in [0.05, 0.1) is 0 Å². The predicted molar refractivity (Wildman–Crippen MR) is 80.7 cm³/mol. The zero-order chi connectivity index (χ0) is 14.9. The quantitative estimate of drug-likeness (QED) is 0.938. The van der Waals surface area contributed by atoms with E-state index in [1.807, 2.05) is 20.0 Å². The van der Waals surface area contributed by atoms with Crippen molar-refractivity contribution in [3.8, 4) is 11.5 Å². The first-order valence-electron chi connectivity index (χ1n) is 7.61. The summed E-state index contributed by atoms with van der Waals surface area (Å²) in [7, 11) is 0. The van der Waals surface area contributed by atoms with E-state index in [1.54, 1.807) is 0 Å². The van der Waals surface area contributed by atoms with Crippen LogP contribution in [-0.4, -0.2) is 20.7 Å². The summed E-state index contributed by atoms with van der Waals surface area (Å²) in [6.45, 7) is 4.03. The number of pyridine rings is 1. The van der Waals surface area contributed by atoms with Crippen molar-refractivity contribution in [1.29, 1.82) is 0 Å². The Morgan fingerprint density at radius 2 is 2.00 bits per heavy atom. The summed E-state index contributed by atoms with van der Waals surface area (Å²) in [5.41, 5.74) is 9.23. The van der Waals surface area contributed by atoms with Crippen LogP contribution in [0.25, 0.3) is 11.5 Å². The lowest BCUT2D eigenvalue weighted by molar-refractivity contribution is 0.261. The topological polar surface area (TPSA) is 77.8 Å². The molecule has 0 radical (unpaired) electrons. The monoisotopic (exact) mass is 286 g/mol. The summed E-state index contributed by atoms with van der Waals surface area (Å²) in [5.74, 6) is 1.18. The maximum absolute atomic E-state index is 6.45. The number of rotatable bonds is 3. The molecule has 112 valence electrons. The van der Waals surface area contributed by atoms with E-state index in [0.717, 1.165) is 29.7 Å². The first-order valence-corrected chi connectivity index (χ1v) is 7.61. The highest BCUT2D eigenvalue weighted by atomic mass is 16.5. The zero-order valence-electron chi connectivity index (χ0n) is 12.7. The van der Waals surface area contributed by atoms with Gasteiger partial charge in [0.1, 0.15) is 5.69 Å². The average molecular weight is 286 g/mol. The van der Waals surface area contributed by atoms with Crippen LogP contribution in [0.3, 0.4) is 0 Å². The largest absolute Gasteiger partial charge is 0.339 e. The van der Waals surface area contributed by atoms with Gasteiger partial charge in [0.2, 0.25) is 11.7 Å². The van der Waals surface area contributed by atoms with Gasteiger partial charge in [0.25, 0.3) is 0 Å². The minimum Gasteiger partial charge on any atom is -0.339 e. The number of aromatic nitrogens is 3. The normalized spacial score (nSPS) is 17.9. The Kier molecular flexibility index (Phi) is 3.76. The Morgan fingerprint density at radius 3 is 2.71 bits per heavy atom. The summed E-state index contributed by atoms with van der Waals surface area (Å²) in [4.78, 5) is 8.90. The highest BCUT2D eigenvalue weighted by Gasteiger charge is 2.30. The Hall–Kier alpha value is -1.75. The molecule has 0 atom stereocenters. The number of hydrogen-bond acceptors (Lipinski definition) is 5. The fourth-order valence-electron chi connectivity index (χ4n) is 3.11. The first-order chi connectivity index (χ1) is 10.1. The second-order valence-corrected chi connectivity index (χ2v) is 6.29. The molecule has 0 amide bonds. The smallest absolute Gasteiger partial charge is 0.228 e. The maximum atomic E-state index is 6.45. The van der Waals surface area contributed by atoms with Gasteiger partial charge in [-0.25, -0.2) is 0 Å². The van der Waals surface area contributed by atoms with E-state index in [4.69, 9.17) is 10.3 Å². The number of nitrogens with two attached hydrogens (primary N) is 1. The molecule has 0 saturated heterocycles. The molecule has 0 aromatic carbocycles. The lowest BCUT2D eigenvalue weighted by Gasteiger charge is -2.31. The lowest BCUT2D eigenvalue weighted by atomic mass is 9.80. The van der Waals surface area contributed by atoms with Crippen molar-refractivity contribution in [3.05, 3.63) is 29.3 Å². The van der Waals surface area contributed by atoms with Gasteiger partial charge in [-0.05, 0) is 37.8 Å². The van der Waals surface area contributed by atoms with Gasteiger partial charge in [0, 0.05) is 18.2 Å². The van der Waals surface area contributed by atoms with Crippen molar-refractivity contribution in [3.63, 3.8) is 0 Å². The van der Waals surface area contributed by atoms with Gasteiger partial charge in [-0.3, -0.25) is 4.98 Å². The molecule has 0 spiro atoms. The van der Waals surface area contributed by atoms with Crippen LogP contribution in [0, 0.1) is 13.8 Å². The molecule has 5 heteroatoms. The molecule has 2 aromatic heterocycles. The van der Waals surface area contributed by atoms with Gasteiger partial charge in [-0.2, -0.15) is 4.98 Å². The molecule has 21 heavy (non-hydrogen) atoms. The average Bonchev–Trinajstić information content (AvgIpc) is 2.87. The molecule has 1 saturated carbocycles. The van der Waals surface area contributed by atoms with Crippen molar-refractivity contribution in [2.24, 2.45) is 5.73 Å². The Morgan fingerprint density at radius 1 is 1.24 bits per heavy atom. The minimum atomic E-state index is -0.183. The van der Waals surface area contributed by atoms with Crippen LogP contribution in [0.5, 0.6) is 0 Å². The van der Waals surface area contributed by atoms with Crippen LogP contribution in [0.4, 0.5) is 0 Å². The summed E-state index contributed by atoms with van der Waals surface area (Å²) < 4.78 is 5.39. The molecule has 0 bridgehead atoms. The van der Waals surface area contributed by atoms with Crippen molar-refractivity contribution < 1.29 is 4.52 Å². The fraction of sp³-hybridized carbons (Fsp3) is 0.562. The second-order valence-electron chi connectivity index (χ2n) is 6.29. The third-order valence-electron chi connectivity index (χ3n) is 4.25. The molecule has 1 fully saturated rings. The van der Waals surface area contributed by atoms with Gasteiger partial charge in [0.15, 0.2) is 0 Å². The van der Waals surface area contributed by atoms with E-state index >= 15 is 0 Å². The molecule has 0 unspecified atom stereocenters. The van der Waals surface area contributed by atoms with Crippen LogP contribution in [0.15, 0.2) is 16.8 Å². The molecule has 0 aliphatic heterocycles. The van der Waals surface area contributed by atoms with Crippen LogP contribution >= 0.6 is 0 Å². The van der Waals surface area contributed by atoms with Crippen LogP contribution in [0.1, 0.15) is 49.1 Å². The summed E-state index contributed by atoms with van der Waals surface area (Å²) in [6, 6.07) is 2.07. The highest BCUT2D eigenvalue weighted by Crippen LogP contribution is 2.29. The van der Waals surface area contributed by atoms with Crippen molar-refractivity contribution >= 4 is 0 Å². The van der Waals surface area contributed by atoms with E-state index in [1.165, 1.54) is 19.3 Å². The van der Waals surface area contributed by atoms with E-state index in [-0.39, 0.29) is 5.54 Å². The highest BCUT2D eigenvalue weighted by molar-refractivity contribution is 5.54. The van der Waals surface area contributed by atoms with Gasteiger partial charge in [-0.15, -0.1) is 0 Å². The molecular weight excluding hydrogens is 264 g/mol. The van der Waals surface area contributed by atoms with Crippen molar-refractivity contribution in [2.45, 2.75) is 57.9 Å². The maximum Gasteiger partial charge on any atom is 0.228 e. The van der Waals surface area contributed by atoms with Gasteiger partial charge < -0.3 is 10.3 Å². The van der Waals surface area contributed by atoms with Gasteiger partial charge in [-0.1, -0.05) is 30.5 Å². The molecule has 2 N–H and O–H groups in total. The fourth-order valence-corrected chi connectivity index (χ4v) is 3.11.